The van der Waals surface area contributed by atoms with Crippen molar-refractivity contribution in [2.24, 2.45) is 51.5 Å². The molecule has 0 aromatic rings. The average Bonchev–Trinajstić information content (AvgIpc) is 3.03. The van der Waals surface area contributed by atoms with Crippen molar-refractivity contribution >= 4 is 0 Å². The van der Waals surface area contributed by atoms with Crippen molar-refractivity contribution < 1.29 is 5.11 Å². The normalized spacial score (nSPS) is 47.9. The van der Waals surface area contributed by atoms with Crippen molar-refractivity contribution in [2.75, 3.05) is 0 Å². The molecule has 1 N–H and O–H groups in total. The van der Waals surface area contributed by atoms with Crippen LogP contribution in [0.15, 0.2) is 5.18 Å². The highest BCUT2D eigenvalue weighted by molar-refractivity contribution is 5.09. The number of fused-ring (bicyclic) bond motifs is 5. The summed E-state index contributed by atoms with van der Waals surface area (Å²) in [5.74, 6) is 4.71. The zero-order valence-corrected chi connectivity index (χ0v) is 19.4. The Labute approximate surface area is 178 Å². The highest BCUT2D eigenvalue weighted by Gasteiger charge is 2.59. The topological polar surface area (TPSA) is 49.7 Å². The van der Waals surface area contributed by atoms with Crippen LogP contribution in [0.25, 0.3) is 0 Å². The smallest absolute Gasteiger partial charge is 0.0922 e. The standard InChI is InChI=1S/C26H45NO2/c1-17(2)24(28)7-5-6-18-9-11-22-21-10-8-19-16-20(27-29)12-14-26(19,4)23(21)13-15-25(18,22)3/h17-24,28H,5-16H2,1-4H3/t18-,19+,20-,21-,22?,23?,24+,25+,26-/m0/s1. The molecule has 9 atom stereocenters. The summed E-state index contributed by atoms with van der Waals surface area (Å²) in [5, 5.41) is 13.6. The van der Waals surface area contributed by atoms with E-state index in [2.05, 4.69) is 32.9 Å². The van der Waals surface area contributed by atoms with Crippen LogP contribution in [-0.4, -0.2) is 17.3 Å². The molecule has 0 bridgehead atoms. The Hall–Kier alpha value is -0.440. The van der Waals surface area contributed by atoms with Crippen LogP contribution in [0.4, 0.5) is 0 Å². The maximum atomic E-state index is 11.1. The van der Waals surface area contributed by atoms with Crippen LogP contribution in [0, 0.1) is 51.2 Å². The molecule has 0 saturated heterocycles. The van der Waals surface area contributed by atoms with Gasteiger partial charge in [-0.05, 0) is 117 Å². The molecule has 4 rings (SSSR count). The van der Waals surface area contributed by atoms with Gasteiger partial charge >= 0.3 is 0 Å². The third kappa shape index (κ3) is 3.72. The number of nitrogens with zero attached hydrogens (tertiary/aromatic N) is 1. The number of hydrogen-bond acceptors (Lipinski definition) is 3. The van der Waals surface area contributed by atoms with Gasteiger partial charge in [0.15, 0.2) is 0 Å². The lowest BCUT2D eigenvalue weighted by Crippen LogP contribution is -2.53. The minimum absolute atomic E-state index is 0.0931. The van der Waals surface area contributed by atoms with Crippen LogP contribution in [-0.2, 0) is 0 Å². The van der Waals surface area contributed by atoms with Crippen LogP contribution in [0.2, 0.25) is 0 Å². The molecule has 4 saturated carbocycles. The van der Waals surface area contributed by atoms with Crippen molar-refractivity contribution in [2.45, 2.75) is 117 Å². The van der Waals surface area contributed by atoms with E-state index in [1.54, 1.807) is 0 Å². The van der Waals surface area contributed by atoms with E-state index in [1.165, 1.54) is 57.8 Å². The van der Waals surface area contributed by atoms with Crippen molar-refractivity contribution in [3.63, 3.8) is 0 Å². The highest BCUT2D eigenvalue weighted by atomic mass is 16.3. The van der Waals surface area contributed by atoms with E-state index in [0.717, 1.165) is 48.9 Å². The molecule has 4 aliphatic rings. The Morgan fingerprint density at radius 3 is 2.41 bits per heavy atom. The van der Waals surface area contributed by atoms with Crippen LogP contribution in [0.3, 0.4) is 0 Å². The molecule has 0 heterocycles. The molecular formula is C26H45NO2. The minimum atomic E-state index is -0.123. The summed E-state index contributed by atoms with van der Waals surface area (Å²) in [6.45, 7) is 9.48. The summed E-state index contributed by atoms with van der Waals surface area (Å²) in [6.07, 6.45) is 15.1. The molecule has 4 aliphatic carbocycles. The summed E-state index contributed by atoms with van der Waals surface area (Å²) in [4.78, 5) is 11.1. The van der Waals surface area contributed by atoms with E-state index >= 15 is 0 Å². The first-order valence-corrected chi connectivity index (χ1v) is 12.8. The summed E-state index contributed by atoms with van der Waals surface area (Å²) in [7, 11) is 0. The van der Waals surface area contributed by atoms with E-state index in [9.17, 15) is 10.0 Å². The third-order valence-corrected chi connectivity index (χ3v) is 10.8. The Balaban J connectivity index is 1.42. The lowest BCUT2D eigenvalue weighted by Gasteiger charge is -2.61. The predicted molar refractivity (Wildman–Crippen MR) is 119 cm³/mol. The van der Waals surface area contributed by atoms with Gasteiger partial charge in [-0.3, -0.25) is 0 Å². The van der Waals surface area contributed by atoms with Gasteiger partial charge in [0.1, 0.15) is 0 Å². The van der Waals surface area contributed by atoms with Gasteiger partial charge in [-0.1, -0.05) is 39.3 Å². The highest BCUT2D eigenvalue weighted by Crippen LogP contribution is 2.68. The second kappa shape index (κ2) is 8.24. The fraction of sp³-hybridized carbons (Fsp3) is 1.00. The zero-order chi connectivity index (χ0) is 20.8. The lowest BCUT2D eigenvalue weighted by atomic mass is 9.44. The monoisotopic (exact) mass is 403 g/mol. The Morgan fingerprint density at radius 2 is 1.69 bits per heavy atom. The van der Waals surface area contributed by atoms with Gasteiger partial charge in [0.2, 0.25) is 0 Å². The molecule has 3 heteroatoms. The Morgan fingerprint density at radius 1 is 0.966 bits per heavy atom. The number of hydrogen-bond donors (Lipinski definition) is 1. The van der Waals surface area contributed by atoms with Crippen LogP contribution >= 0.6 is 0 Å². The predicted octanol–water partition coefficient (Wildman–Crippen LogP) is 6.97. The summed E-state index contributed by atoms with van der Waals surface area (Å²) < 4.78 is 0. The molecule has 3 nitrogen and oxygen atoms in total. The molecular weight excluding hydrogens is 358 g/mol. The summed E-state index contributed by atoms with van der Waals surface area (Å²) >= 11 is 0. The van der Waals surface area contributed by atoms with Crippen LogP contribution in [0.5, 0.6) is 0 Å². The molecule has 0 amide bonds. The molecule has 0 aromatic carbocycles. The number of aliphatic hydroxyl groups excluding tert-OH is 1. The van der Waals surface area contributed by atoms with E-state index in [-0.39, 0.29) is 12.1 Å². The van der Waals surface area contributed by atoms with Gasteiger partial charge in [-0.25, -0.2) is 0 Å². The Bertz CT molecular complexity index is 591. The first-order valence-electron chi connectivity index (χ1n) is 12.8. The average molecular weight is 404 g/mol. The fourth-order valence-electron chi connectivity index (χ4n) is 8.82. The molecule has 0 radical (unpaired) electrons. The van der Waals surface area contributed by atoms with Crippen molar-refractivity contribution in [3.05, 3.63) is 4.91 Å². The number of rotatable bonds is 6. The van der Waals surface area contributed by atoms with Gasteiger partial charge in [0, 0.05) is 0 Å². The van der Waals surface area contributed by atoms with Crippen LogP contribution < -0.4 is 0 Å². The Kier molecular flexibility index (Phi) is 6.19. The van der Waals surface area contributed by atoms with Gasteiger partial charge in [-0.15, -0.1) is 0 Å². The van der Waals surface area contributed by atoms with Gasteiger partial charge in [-0.2, -0.15) is 4.91 Å². The van der Waals surface area contributed by atoms with E-state index < -0.39 is 0 Å². The largest absolute Gasteiger partial charge is 0.393 e. The van der Waals surface area contributed by atoms with E-state index in [0.29, 0.717) is 16.7 Å². The zero-order valence-electron chi connectivity index (χ0n) is 19.4. The first kappa shape index (κ1) is 21.8. The number of nitroso groups, excluding NO2 is 1. The second-order valence-corrected chi connectivity index (χ2v) is 12.3. The van der Waals surface area contributed by atoms with E-state index in [4.69, 9.17) is 0 Å². The van der Waals surface area contributed by atoms with Crippen molar-refractivity contribution in [1.82, 2.24) is 0 Å². The molecule has 0 spiro atoms. The maximum absolute atomic E-state index is 11.1. The van der Waals surface area contributed by atoms with Crippen molar-refractivity contribution in [3.8, 4) is 0 Å². The third-order valence-electron chi connectivity index (χ3n) is 10.8. The molecule has 0 aromatic heterocycles. The van der Waals surface area contributed by atoms with E-state index in [1.807, 2.05) is 0 Å². The molecule has 166 valence electrons. The lowest BCUT2D eigenvalue weighted by molar-refractivity contribution is -0.113. The van der Waals surface area contributed by atoms with Crippen molar-refractivity contribution in [1.29, 1.82) is 0 Å². The summed E-state index contributed by atoms with van der Waals surface area (Å²) in [5.41, 5.74) is 1.000. The fourth-order valence-corrected chi connectivity index (χ4v) is 8.82. The van der Waals surface area contributed by atoms with Gasteiger partial charge in [0.05, 0.1) is 12.1 Å². The van der Waals surface area contributed by atoms with Gasteiger partial charge < -0.3 is 5.11 Å². The molecule has 2 unspecified atom stereocenters. The van der Waals surface area contributed by atoms with Gasteiger partial charge in [0.25, 0.3) is 0 Å². The SMILES string of the molecule is CC(C)[C@H](O)CCC[C@H]1CCC2[C@@H]3CC[C@@H]4C[C@@H](N=O)CC[C@]4(C)C3CC[C@@]21C. The molecule has 0 aliphatic heterocycles. The first-order chi connectivity index (χ1) is 13.8. The van der Waals surface area contributed by atoms with Crippen LogP contribution in [0.1, 0.15) is 105 Å². The number of aliphatic hydroxyl groups is 1. The second-order valence-electron chi connectivity index (χ2n) is 12.3. The molecule has 29 heavy (non-hydrogen) atoms. The summed E-state index contributed by atoms with van der Waals surface area (Å²) in [6, 6.07) is 0.0931. The maximum Gasteiger partial charge on any atom is 0.0922 e. The minimum Gasteiger partial charge on any atom is -0.393 e. The molecule has 4 fully saturated rings. The quantitative estimate of drug-likeness (QED) is 0.487.